The lowest BCUT2D eigenvalue weighted by Crippen LogP contribution is -2.14. The average molecular weight is 318 g/mol. The number of phenolic OH excluding ortho intramolecular Hbond substituents is 1. The summed E-state index contributed by atoms with van der Waals surface area (Å²) < 4.78 is 0. The summed E-state index contributed by atoms with van der Waals surface area (Å²) in [4.78, 5) is 16.7. The molecule has 4 heteroatoms. The highest BCUT2D eigenvalue weighted by Gasteiger charge is 2.11. The summed E-state index contributed by atoms with van der Waals surface area (Å²) >= 11 is 0. The van der Waals surface area contributed by atoms with Crippen molar-refractivity contribution in [3.05, 3.63) is 77.6 Å². The van der Waals surface area contributed by atoms with Crippen LogP contribution in [0.2, 0.25) is 0 Å². The summed E-state index contributed by atoms with van der Waals surface area (Å²) in [6, 6.07) is 14.5. The molecule has 2 aromatic carbocycles. The molecule has 0 unspecified atom stereocenters. The van der Waals surface area contributed by atoms with Crippen LogP contribution in [0.4, 0.5) is 5.69 Å². The lowest BCUT2D eigenvalue weighted by Gasteiger charge is -2.12. The number of aromatic nitrogens is 1. The van der Waals surface area contributed by atoms with Gasteiger partial charge in [0, 0.05) is 23.6 Å². The van der Waals surface area contributed by atoms with E-state index in [0.717, 1.165) is 27.9 Å². The summed E-state index contributed by atoms with van der Waals surface area (Å²) in [5.41, 5.74) is 5.07. The molecule has 0 saturated heterocycles. The zero-order valence-electron chi connectivity index (χ0n) is 13.6. The maximum atomic E-state index is 12.6. The molecule has 3 aromatic rings. The Labute approximate surface area is 140 Å². The SMILES string of the molecule is Cc1cccc(C)c1NC(=O)c1cncc(-c2ccc(O)cc2)c1. The number of phenols is 1. The zero-order chi connectivity index (χ0) is 17.1. The molecule has 120 valence electrons. The molecule has 4 nitrogen and oxygen atoms in total. The Kier molecular flexibility index (Phi) is 4.29. The lowest BCUT2D eigenvalue weighted by molar-refractivity contribution is 0.102. The number of rotatable bonds is 3. The van der Waals surface area contributed by atoms with Crippen molar-refractivity contribution < 1.29 is 9.90 Å². The summed E-state index contributed by atoms with van der Waals surface area (Å²) in [7, 11) is 0. The number of hydrogen-bond donors (Lipinski definition) is 2. The molecule has 24 heavy (non-hydrogen) atoms. The second kappa shape index (κ2) is 6.54. The minimum Gasteiger partial charge on any atom is -0.508 e. The van der Waals surface area contributed by atoms with Crippen LogP contribution in [-0.4, -0.2) is 16.0 Å². The van der Waals surface area contributed by atoms with E-state index in [-0.39, 0.29) is 11.7 Å². The highest BCUT2D eigenvalue weighted by atomic mass is 16.3. The number of benzene rings is 2. The first-order valence-electron chi connectivity index (χ1n) is 7.66. The van der Waals surface area contributed by atoms with Gasteiger partial charge in [-0.2, -0.15) is 0 Å². The van der Waals surface area contributed by atoms with Crippen molar-refractivity contribution in [2.45, 2.75) is 13.8 Å². The van der Waals surface area contributed by atoms with E-state index in [1.165, 1.54) is 0 Å². The number of nitrogens with zero attached hydrogens (tertiary/aromatic N) is 1. The highest BCUT2D eigenvalue weighted by molar-refractivity contribution is 6.05. The van der Waals surface area contributed by atoms with Gasteiger partial charge in [0.25, 0.3) is 5.91 Å². The second-order valence-corrected chi connectivity index (χ2v) is 5.73. The summed E-state index contributed by atoms with van der Waals surface area (Å²) in [6.07, 6.45) is 3.25. The van der Waals surface area contributed by atoms with E-state index in [4.69, 9.17) is 0 Å². The smallest absolute Gasteiger partial charge is 0.257 e. The van der Waals surface area contributed by atoms with Crippen molar-refractivity contribution in [2.75, 3.05) is 5.32 Å². The number of hydrogen-bond acceptors (Lipinski definition) is 3. The molecule has 2 N–H and O–H groups in total. The van der Waals surface area contributed by atoms with Gasteiger partial charge in [0.15, 0.2) is 0 Å². The van der Waals surface area contributed by atoms with Gasteiger partial charge in [0.2, 0.25) is 0 Å². The molecule has 1 heterocycles. The predicted molar refractivity (Wildman–Crippen MR) is 95.2 cm³/mol. The third-order valence-electron chi connectivity index (χ3n) is 3.92. The fourth-order valence-corrected chi connectivity index (χ4v) is 2.57. The Morgan fingerprint density at radius 3 is 2.29 bits per heavy atom. The van der Waals surface area contributed by atoms with Crippen LogP contribution in [0.5, 0.6) is 5.75 Å². The van der Waals surface area contributed by atoms with Crippen LogP contribution < -0.4 is 5.32 Å². The Balaban J connectivity index is 1.88. The topological polar surface area (TPSA) is 62.2 Å². The van der Waals surface area contributed by atoms with Crippen LogP contribution in [0.15, 0.2) is 60.9 Å². The number of pyridine rings is 1. The summed E-state index contributed by atoms with van der Waals surface area (Å²) in [6.45, 7) is 3.93. The maximum Gasteiger partial charge on any atom is 0.257 e. The third-order valence-corrected chi connectivity index (χ3v) is 3.92. The fourth-order valence-electron chi connectivity index (χ4n) is 2.57. The average Bonchev–Trinajstić information content (AvgIpc) is 2.59. The lowest BCUT2D eigenvalue weighted by atomic mass is 10.1. The molecule has 1 aromatic heterocycles. The predicted octanol–water partition coefficient (Wildman–Crippen LogP) is 4.32. The standard InChI is InChI=1S/C20H18N2O2/c1-13-4-3-5-14(2)19(13)22-20(24)17-10-16(11-21-12-17)15-6-8-18(23)9-7-15/h3-12,23H,1-2H3,(H,22,24). The van der Waals surface area contributed by atoms with E-state index in [1.807, 2.05) is 32.0 Å². The first kappa shape index (κ1) is 15.7. The van der Waals surface area contributed by atoms with E-state index in [1.54, 1.807) is 42.7 Å². The molecule has 0 aliphatic heterocycles. The number of carbonyl (C=O) groups is 1. The minimum atomic E-state index is -0.194. The minimum absolute atomic E-state index is 0.194. The van der Waals surface area contributed by atoms with Crippen molar-refractivity contribution in [1.82, 2.24) is 4.98 Å². The molecule has 0 fully saturated rings. The Morgan fingerprint density at radius 2 is 1.62 bits per heavy atom. The van der Waals surface area contributed by atoms with Gasteiger partial charge in [-0.25, -0.2) is 0 Å². The van der Waals surface area contributed by atoms with Gasteiger partial charge in [0.05, 0.1) is 5.56 Å². The van der Waals surface area contributed by atoms with Crippen LogP contribution in [0.3, 0.4) is 0 Å². The summed E-state index contributed by atoms with van der Waals surface area (Å²) in [5, 5.41) is 12.3. The molecule has 0 bridgehead atoms. The van der Waals surface area contributed by atoms with Crippen molar-refractivity contribution >= 4 is 11.6 Å². The van der Waals surface area contributed by atoms with Crippen LogP contribution >= 0.6 is 0 Å². The molecule has 0 spiro atoms. The van der Waals surface area contributed by atoms with E-state index >= 15 is 0 Å². The van der Waals surface area contributed by atoms with Crippen LogP contribution in [0.25, 0.3) is 11.1 Å². The number of anilines is 1. The first-order valence-corrected chi connectivity index (χ1v) is 7.66. The Morgan fingerprint density at radius 1 is 0.958 bits per heavy atom. The normalized spacial score (nSPS) is 10.4. The number of para-hydroxylation sites is 1. The molecule has 0 aliphatic carbocycles. The van der Waals surface area contributed by atoms with Crippen LogP contribution in [-0.2, 0) is 0 Å². The van der Waals surface area contributed by atoms with Crippen LogP contribution in [0, 0.1) is 13.8 Å². The molecule has 0 aliphatic rings. The molecule has 0 radical (unpaired) electrons. The zero-order valence-corrected chi connectivity index (χ0v) is 13.6. The Hall–Kier alpha value is -3.14. The van der Waals surface area contributed by atoms with Crippen molar-refractivity contribution in [3.63, 3.8) is 0 Å². The van der Waals surface area contributed by atoms with E-state index in [9.17, 15) is 9.90 Å². The van der Waals surface area contributed by atoms with Gasteiger partial charge in [0.1, 0.15) is 5.75 Å². The Bertz CT molecular complexity index is 866. The number of aromatic hydroxyl groups is 1. The molecule has 0 atom stereocenters. The van der Waals surface area contributed by atoms with Crippen molar-refractivity contribution in [3.8, 4) is 16.9 Å². The number of carbonyl (C=O) groups excluding carboxylic acids is 1. The molecular formula is C20H18N2O2. The van der Waals surface area contributed by atoms with Gasteiger partial charge < -0.3 is 10.4 Å². The van der Waals surface area contributed by atoms with Gasteiger partial charge in [-0.1, -0.05) is 30.3 Å². The monoisotopic (exact) mass is 318 g/mol. The van der Waals surface area contributed by atoms with E-state index < -0.39 is 0 Å². The quantitative estimate of drug-likeness (QED) is 0.756. The van der Waals surface area contributed by atoms with Gasteiger partial charge >= 0.3 is 0 Å². The van der Waals surface area contributed by atoms with E-state index in [2.05, 4.69) is 10.3 Å². The van der Waals surface area contributed by atoms with Crippen molar-refractivity contribution in [2.24, 2.45) is 0 Å². The second-order valence-electron chi connectivity index (χ2n) is 5.73. The van der Waals surface area contributed by atoms with E-state index in [0.29, 0.717) is 5.56 Å². The molecule has 1 amide bonds. The van der Waals surface area contributed by atoms with Gasteiger partial charge in [-0.15, -0.1) is 0 Å². The van der Waals surface area contributed by atoms with Crippen LogP contribution in [0.1, 0.15) is 21.5 Å². The number of aryl methyl sites for hydroxylation is 2. The highest BCUT2D eigenvalue weighted by Crippen LogP contribution is 2.23. The molecular weight excluding hydrogens is 300 g/mol. The summed E-state index contributed by atoms with van der Waals surface area (Å²) in [5.74, 6) is 0.0103. The fraction of sp³-hybridized carbons (Fsp3) is 0.100. The molecule has 0 saturated carbocycles. The largest absolute Gasteiger partial charge is 0.508 e. The number of nitrogens with one attached hydrogen (secondary N) is 1. The van der Waals surface area contributed by atoms with Crippen molar-refractivity contribution in [1.29, 1.82) is 0 Å². The first-order chi connectivity index (χ1) is 11.5. The maximum absolute atomic E-state index is 12.6. The van der Waals surface area contributed by atoms with Gasteiger partial charge in [-0.05, 0) is 48.7 Å². The van der Waals surface area contributed by atoms with Gasteiger partial charge in [-0.3, -0.25) is 9.78 Å². The number of amides is 1. The third kappa shape index (κ3) is 3.27. The molecule has 3 rings (SSSR count).